The maximum Gasteiger partial charge on any atom is 0.326 e. The monoisotopic (exact) mass is 290 g/mol. The molecular formula is C12H22N2O4S. The Morgan fingerprint density at radius 3 is 2.74 bits per heavy atom. The number of hydrogen-bond acceptors (Lipinski definition) is 4. The summed E-state index contributed by atoms with van der Waals surface area (Å²) in [4.78, 5) is 24.0. The molecule has 0 saturated carbocycles. The number of unbranched alkanes of at least 4 members (excludes halogenated alkanes) is 2. The number of aliphatic carboxylic acids is 1. The number of thioether (sulfide) groups is 1. The Morgan fingerprint density at radius 1 is 1.37 bits per heavy atom. The van der Waals surface area contributed by atoms with Gasteiger partial charge in [0, 0.05) is 19.5 Å². The molecule has 1 rings (SSSR count). The van der Waals surface area contributed by atoms with Crippen LogP contribution in [0.3, 0.4) is 0 Å². The molecule has 19 heavy (non-hydrogen) atoms. The van der Waals surface area contributed by atoms with Gasteiger partial charge < -0.3 is 20.4 Å². The number of nitrogens with one attached hydrogen (secondary N) is 1. The minimum absolute atomic E-state index is 0.0925. The molecule has 0 radical (unpaired) electrons. The minimum Gasteiger partial charge on any atom is -0.480 e. The lowest BCUT2D eigenvalue weighted by Crippen LogP contribution is -2.46. The van der Waals surface area contributed by atoms with E-state index >= 15 is 0 Å². The molecule has 0 aromatic carbocycles. The van der Waals surface area contributed by atoms with E-state index in [1.165, 1.54) is 4.90 Å². The third-order valence-corrected chi connectivity index (χ3v) is 3.82. The van der Waals surface area contributed by atoms with Crippen molar-refractivity contribution in [1.82, 2.24) is 10.2 Å². The molecule has 1 aliphatic heterocycles. The lowest BCUT2D eigenvalue weighted by atomic mass is 10.2. The van der Waals surface area contributed by atoms with Gasteiger partial charge in [-0.3, -0.25) is 0 Å². The summed E-state index contributed by atoms with van der Waals surface area (Å²) in [7, 11) is 0. The van der Waals surface area contributed by atoms with Gasteiger partial charge in [0.2, 0.25) is 0 Å². The number of β-amino-alcohol motifs (C(OH)–C–C–N with tert-alkyl or cyclic N) is 1. The van der Waals surface area contributed by atoms with E-state index in [1.54, 1.807) is 11.8 Å². The van der Waals surface area contributed by atoms with Crippen LogP contribution in [0.25, 0.3) is 0 Å². The summed E-state index contributed by atoms with van der Waals surface area (Å²) in [5, 5.41) is 21.1. The Balaban J connectivity index is 2.26. The number of carbonyl (C=O) groups excluding carboxylic acids is 1. The maximum absolute atomic E-state index is 11.8. The highest BCUT2D eigenvalue weighted by Gasteiger charge is 2.38. The summed E-state index contributed by atoms with van der Waals surface area (Å²) >= 11 is 1.80. The summed E-state index contributed by atoms with van der Waals surface area (Å²) in [6.07, 6.45) is 4.49. The predicted molar refractivity (Wildman–Crippen MR) is 74.4 cm³/mol. The first-order chi connectivity index (χ1) is 9.06. The van der Waals surface area contributed by atoms with Crippen LogP contribution in [0, 0.1) is 0 Å². The number of aliphatic hydroxyl groups excluding tert-OH is 1. The number of amides is 2. The fraction of sp³-hybridized carbons (Fsp3) is 0.833. The van der Waals surface area contributed by atoms with E-state index in [0.29, 0.717) is 6.54 Å². The zero-order chi connectivity index (χ0) is 14.3. The molecule has 6 nitrogen and oxygen atoms in total. The van der Waals surface area contributed by atoms with Crippen LogP contribution in [0.5, 0.6) is 0 Å². The molecule has 7 heteroatoms. The number of nitrogens with zero attached hydrogens (tertiary/aromatic N) is 1. The van der Waals surface area contributed by atoms with Crippen LogP contribution in [0.4, 0.5) is 4.79 Å². The molecule has 0 unspecified atom stereocenters. The fourth-order valence-electron chi connectivity index (χ4n) is 2.12. The van der Waals surface area contributed by atoms with Gasteiger partial charge in [-0.15, -0.1) is 0 Å². The first-order valence-electron chi connectivity index (χ1n) is 6.50. The van der Waals surface area contributed by atoms with Gasteiger partial charge in [0.1, 0.15) is 6.04 Å². The first-order valence-corrected chi connectivity index (χ1v) is 7.90. The van der Waals surface area contributed by atoms with Gasteiger partial charge in [-0.05, 0) is 24.9 Å². The summed E-state index contributed by atoms with van der Waals surface area (Å²) in [6, 6.07) is -1.31. The fourth-order valence-corrected chi connectivity index (χ4v) is 2.61. The number of urea groups is 1. The number of rotatable bonds is 7. The van der Waals surface area contributed by atoms with Crippen molar-refractivity contribution >= 4 is 23.8 Å². The van der Waals surface area contributed by atoms with Crippen molar-refractivity contribution in [3.05, 3.63) is 0 Å². The van der Waals surface area contributed by atoms with Gasteiger partial charge in [-0.1, -0.05) is 6.42 Å². The van der Waals surface area contributed by atoms with Gasteiger partial charge in [0.15, 0.2) is 0 Å². The summed E-state index contributed by atoms with van der Waals surface area (Å²) in [6.45, 7) is 0.640. The molecule has 2 amide bonds. The summed E-state index contributed by atoms with van der Waals surface area (Å²) < 4.78 is 0. The number of carbonyl (C=O) groups is 2. The highest BCUT2D eigenvalue weighted by molar-refractivity contribution is 7.98. The van der Waals surface area contributed by atoms with E-state index in [-0.39, 0.29) is 13.0 Å². The molecule has 2 atom stereocenters. The highest BCUT2D eigenvalue weighted by atomic mass is 32.2. The summed E-state index contributed by atoms with van der Waals surface area (Å²) in [5.74, 6) is 0.0551. The van der Waals surface area contributed by atoms with Crippen molar-refractivity contribution in [3.63, 3.8) is 0 Å². The van der Waals surface area contributed by atoms with Gasteiger partial charge >= 0.3 is 12.0 Å². The Labute approximate surface area is 117 Å². The second-order valence-corrected chi connectivity index (χ2v) is 5.67. The molecule has 1 saturated heterocycles. The van der Waals surface area contributed by atoms with E-state index in [9.17, 15) is 14.7 Å². The topological polar surface area (TPSA) is 89.9 Å². The lowest BCUT2D eigenvalue weighted by Gasteiger charge is -2.21. The van der Waals surface area contributed by atoms with Crippen molar-refractivity contribution in [2.24, 2.45) is 0 Å². The molecule has 110 valence electrons. The van der Waals surface area contributed by atoms with Crippen LogP contribution in [0.1, 0.15) is 25.7 Å². The normalized spacial score (nSPS) is 22.5. The second-order valence-electron chi connectivity index (χ2n) is 4.68. The molecule has 1 heterocycles. The van der Waals surface area contributed by atoms with Gasteiger partial charge in [0.25, 0.3) is 0 Å². The van der Waals surface area contributed by atoms with Gasteiger partial charge in [0.05, 0.1) is 6.10 Å². The zero-order valence-electron chi connectivity index (χ0n) is 11.2. The lowest BCUT2D eigenvalue weighted by molar-refractivity contribution is -0.141. The molecule has 1 fully saturated rings. The Kier molecular flexibility index (Phi) is 7.01. The molecule has 0 aromatic rings. The standard InChI is InChI=1S/C12H22N2O4S/c1-19-6-4-2-3-5-13-12(18)14-8-9(15)7-10(14)11(16)17/h9-10,15H,2-8H2,1H3,(H,13,18)(H,16,17)/t9-,10+/m1/s1. The quantitative estimate of drug-likeness (QED) is 0.602. The van der Waals surface area contributed by atoms with Crippen molar-refractivity contribution < 1.29 is 19.8 Å². The molecule has 0 bridgehead atoms. The van der Waals surface area contributed by atoms with E-state index < -0.39 is 24.1 Å². The maximum atomic E-state index is 11.8. The third kappa shape index (κ3) is 5.28. The average Bonchev–Trinajstić information content (AvgIpc) is 2.76. The number of aliphatic hydroxyl groups is 1. The Bertz CT molecular complexity index is 314. The van der Waals surface area contributed by atoms with Crippen molar-refractivity contribution in [1.29, 1.82) is 0 Å². The smallest absolute Gasteiger partial charge is 0.326 e. The SMILES string of the molecule is CSCCCCCNC(=O)N1C[C@H](O)C[C@H]1C(=O)O. The van der Waals surface area contributed by atoms with E-state index in [1.807, 2.05) is 0 Å². The van der Waals surface area contributed by atoms with Crippen molar-refractivity contribution in [3.8, 4) is 0 Å². The third-order valence-electron chi connectivity index (χ3n) is 3.13. The number of carboxylic acid groups (broad SMARTS) is 1. The number of carboxylic acids is 1. The zero-order valence-corrected chi connectivity index (χ0v) is 12.0. The molecule has 0 spiro atoms. The van der Waals surface area contributed by atoms with Gasteiger partial charge in [-0.2, -0.15) is 11.8 Å². The van der Waals surface area contributed by atoms with Crippen LogP contribution in [0.2, 0.25) is 0 Å². The molecule has 1 aliphatic rings. The number of hydrogen-bond donors (Lipinski definition) is 3. The van der Waals surface area contributed by atoms with E-state index in [0.717, 1.165) is 25.0 Å². The van der Waals surface area contributed by atoms with Crippen LogP contribution in [-0.4, -0.2) is 64.4 Å². The van der Waals surface area contributed by atoms with Crippen molar-refractivity contribution in [2.45, 2.75) is 37.8 Å². The Hall–Kier alpha value is -0.950. The number of likely N-dealkylation sites (tertiary alicyclic amines) is 1. The highest BCUT2D eigenvalue weighted by Crippen LogP contribution is 2.18. The van der Waals surface area contributed by atoms with E-state index in [4.69, 9.17) is 5.11 Å². The molecule has 3 N–H and O–H groups in total. The van der Waals surface area contributed by atoms with Crippen LogP contribution < -0.4 is 5.32 Å². The molecule has 0 aromatic heterocycles. The summed E-state index contributed by atoms with van der Waals surface area (Å²) in [5.41, 5.74) is 0. The van der Waals surface area contributed by atoms with Crippen LogP contribution in [-0.2, 0) is 4.79 Å². The minimum atomic E-state index is -1.06. The molecule has 0 aliphatic carbocycles. The van der Waals surface area contributed by atoms with Gasteiger partial charge in [-0.25, -0.2) is 9.59 Å². The largest absolute Gasteiger partial charge is 0.480 e. The van der Waals surface area contributed by atoms with Crippen LogP contribution >= 0.6 is 11.8 Å². The second kappa shape index (κ2) is 8.27. The Morgan fingerprint density at radius 2 is 2.11 bits per heavy atom. The van der Waals surface area contributed by atoms with Crippen molar-refractivity contribution in [2.75, 3.05) is 25.1 Å². The van der Waals surface area contributed by atoms with E-state index in [2.05, 4.69) is 11.6 Å². The average molecular weight is 290 g/mol. The predicted octanol–water partition coefficient (Wildman–Crippen LogP) is 0.749. The molecular weight excluding hydrogens is 268 g/mol. The van der Waals surface area contributed by atoms with Crippen LogP contribution in [0.15, 0.2) is 0 Å². The first kappa shape index (κ1) is 16.1.